The molecule has 1 atom stereocenters. The van der Waals surface area contributed by atoms with Crippen molar-refractivity contribution in [3.8, 4) is 5.82 Å². The Morgan fingerprint density at radius 1 is 1.32 bits per heavy atom. The van der Waals surface area contributed by atoms with Crippen LogP contribution in [0.4, 0.5) is 0 Å². The molecule has 3 rings (SSSR count). The van der Waals surface area contributed by atoms with E-state index < -0.39 is 5.97 Å². The second kappa shape index (κ2) is 8.15. The number of amides is 1. The first-order chi connectivity index (χ1) is 13.3. The number of rotatable bonds is 6. The van der Waals surface area contributed by atoms with Gasteiger partial charge < -0.3 is 19.3 Å². The Hall–Kier alpha value is -2.65. The molecule has 1 N–H and O–H groups in total. The zero-order valence-corrected chi connectivity index (χ0v) is 16.6. The molecule has 1 amide bonds. The van der Waals surface area contributed by atoms with Crippen LogP contribution in [-0.2, 0) is 9.53 Å². The third-order valence-corrected chi connectivity index (χ3v) is 4.85. The minimum absolute atomic E-state index is 0.0613. The zero-order valence-electron chi connectivity index (χ0n) is 16.6. The molecular weight excluding hydrogens is 364 g/mol. The van der Waals surface area contributed by atoms with E-state index in [4.69, 9.17) is 14.4 Å². The molecule has 9 heteroatoms. The molecule has 2 aromatic heterocycles. The fraction of sp³-hybridized carbons (Fsp3) is 0.526. The van der Waals surface area contributed by atoms with Gasteiger partial charge in [-0.25, -0.2) is 0 Å². The lowest BCUT2D eigenvalue weighted by atomic mass is 10.2. The van der Waals surface area contributed by atoms with Crippen LogP contribution in [0, 0.1) is 20.8 Å². The van der Waals surface area contributed by atoms with E-state index in [-0.39, 0.29) is 18.6 Å². The molecule has 28 heavy (non-hydrogen) atoms. The molecule has 0 radical (unpaired) electrons. The number of carbonyl (C=O) groups is 2. The number of hydrogen-bond acceptors (Lipinski definition) is 6. The number of carbonyl (C=O) groups excluding carboxylic acids is 1. The highest BCUT2D eigenvalue weighted by Gasteiger charge is 2.28. The van der Waals surface area contributed by atoms with Crippen molar-refractivity contribution in [3.05, 3.63) is 34.8 Å². The van der Waals surface area contributed by atoms with Gasteiger partial charge in [0, 0.05) is 37.1 Å². The lowest BCUT2D eigenvalue weighted by Gasteiger charge is -2.34. The van der Waals surface area contributed by atoms with Crippen LogP contribution in [0.25, 0.3) is 5.82 Å². The summed E-state index contributed by atoms with van der Waals surface area (Å²) in [6.45, 7) is 7.39. The average Bonchev–Trinajstić information content (AvgIpc) is 3.16. The van der Waals surface area contributed by atoms with E-state index in [1.807, 2.05) is 37.5 Å². The number of ether oxygens (including phenoxy) is 1. The van der Waals surface area contributed by atoms with Gasteiger partial charge in [-0.05, 0) is 33.9 Å². The average molecular weight is 390 g/mol. The summed E-state index contributed by atoms with van der Waals surface area (Å²) in [6.07, 6.45) is -0.219. The van der Waals surface area contributed by atoms with E-state index >= 15 is 0 Å². The summed E-state index contributed by atoms with van der Waals surface area (Å²) in [4.78, 5) is 27.4. The Morgan fingerprint density at radius 2 is 2.07 bits per heavy atom. The Morgan fingerprint density at radius 3 is 2.71 bits per heavy atom. The number of aromatic nitrogens is 2. The number of carboxylic acids is 1. The van der Waals surface area contributed by atoms with Gasteiger partial charge in [-0.3, -0.25) is 19.1 Å². The molecule has 1 aliphatic heterocycles. The second-order valence-corrected chi connectivity index (χ2v) is 7.25. The van der Waals surface area contributed by atoms with Crippen molar-refractivity contribution in [2.24, 2.45) is 0 Å². The fourth-order valence-electron chi connectivity index (χ4n) is 3.62. The number of carboxylic acid groups (broad SMARTS) is 1. The van der Waals surface area contributed by atoms with E-state index in [1.54, 1.807) is 16.8 Å². The van der Waals surface area contributed by atoms with E-state index in [0.29, 0.717) is 43.4 Å². The standard InChI is InChI=1S/C19H26N4O5/c1-12-7-16(14(3)23(12)17-8-13(2)28-20-17)19(26)22-5-6-27-15(10-22)9-21(4)11-18(24)25/h7-8,15H,5-6,9-11H2,1-4H3,(H,24,25). The normalized spacial score (nSPS) is 17.3. The van der Waals surface area contributed by atoms with Crippen LogP contribution in [0.5, 0.6) is 0 Å². The highest BCUT2D eigenvalue weighted by atomic mass is 16.5. The summed E-state index contributed by atoms with van der Waals surface area (Å²) < 4.78 is 12.8. The van der Waals surface area contributed by atoms with Crippen LogP contribution in [0.1, 0.15) is 27.5 Å². The molecule has 9 nitrogen and oxygen atoms in total. The highest BCUT2D eigenvalue weighted by Crippen LogP contribution is 2.23. The van der Waals surface area contributed by atoms with E-state index in [2.05, 4.69) is 5.16 Å². The number of hydrogen-bond donors (Lipinski definition) is 1. The lowest BCUT2D eigenvalue weighted by Crippen LogP contribution is -2.49. The molecule has 0 aliphatic carbocycles. The summed E-state index contributed by atoms with van der Waals surface area (Å²) >= 11 is 0. The Balaban J connectivity index is 1.74. The fourth-order valence-corrected chi connectivity index (χ4v) is 3.62. The molecular formula is C19H26N4O5. The lowest BCUT2D eigenvalue weighted by molar-refractivity contribution is -0.138. The van der Waals surface area contributed by atoms with Gasteiger partial charge in [0.15, 0.2) is 5.82 Å². The molecule has 0 spiro atoms. The van der Waals surface area contributed by atoms with E-state index in [9.17, 15) is 9.59 Å². The summed E-state index contributed by atoms with van der Waals surface area (Å²) in [5.41, 5.74) is 2.33. The minimum Gasteiger partial charge on any atom is -0.480 e. The largest absolute Gasteiger partial charge is 0.480 e. The minimum atomic E-state index is -0.887. The molecule has 0 bridgehead atoms. The van der Waals surface area contributed by atoms with Crippen molar-refractivity contribution in [2.45, 2.75) is 26.9 Å². The summed E-state index contributed by atoms with van der Waals surface area (Å²) in [6, 6.07) is 3.69. The maximum absolute atomic E-state index is 13.1. The first-order valence-corrected chi connectivity index (χ1v) is 9.20. The molecule has 1 fully saturated rings. The van der Waals surface area contributed by atoms with Gasteiger partial charge in [0.2, 0.25) is 0 Å². The molecule has 1 saturated heterocycles. The Labute approximate surface area is 163 Å². The number of aliphatic carboxylic acids is 1. The van der Waals surface area contributed by atoms with Crippen molar-refractivity contribution >= 4 is 11.9 Å². The maximum atomic E-state index is 13.1. The van der Waals surface area contributed by atoms with Crippen molar-refractivity contribution < 1.29 is 24.0 Å². The summed E-state index contributed by atoms with van der Waals surface area (Å²) in [5, 5.41) is 12.9. The smallest absolute Gasteiger partial charge is 0.317 e. The third-order valence-electron chi connectivity index (χ3n) is 4.85. The SMILES string of the molecule is Cc1cc(-n2c(C)cc(C(=O)N3CCOC(CN(C)CC(=O)O)C3)c2C)no1. The first-order valence-electron chi connectivity index (χ1n) is 9.20. The number of morpholine rings is 1. The van der Waals surface area contributed by atoms with Crippen molar-refractivity contribution in [2.75, 3.05) is 39.8 Å². The van der Waals surface area contributed by atoms with Crippen LogP contribution in [0.2, 0.25) is 0 Å². The molecule has 152 valence electrons. The van der Waals surface area contributed by atoms with Crippen molar-refractivity contribution in [1.29, 1.82) is 0 Å². The van der Waals surface area contributed by atoms with Gasteiger partial charge in [-0.1, -0.05) is 5.16 Å². The number of nitrogens with zero attached hydrogens (tertiary/aromatic N) is 4. The Kier molecular flexibility index (Phi) is 5.85. The summed E-state index contributed by atoms with van der Waals surface area (Å²) in [7, 11) is 1.73. The number of aryl methyl sites for hydroxylation is 2. The van der Waals surface area contributed by atoms with Gasteiger partial charge >= 0.3 is 5.97 Å². The van der Waals surface area contributed by atoms with E-state index in [0.717, 1.165) is 11.4 Å². The van der Waals surface area contributed by atoms with Gasteiger partial charge in [-0.15, -0.1) is 0 Å². The van der Waals surface area contributed by atoms with Crippen molar-refractivity contribution in [1.82, 2.24) is 19.5 Å². The van der Waals surface area contributed by atoms with Gasteiger partial charge in [0.1, 0.15) is 5.76 Å². The predicted octanol–water partition coefficient (Wildman–Crippen LogP) is 1.25. The molecule has 3 heterocycles. The Bertz CT molecular complexity index is 872. The summed E-state index contributed by atoms with van der Waals surface area (Å²) in [5.74, 6) is 0.411. The van der Waals surface area contributed by atoms with Gasteiger partial charge in [0.25, 0.3) is 5.91 Å². The highest BCUT2D eigenvalue weighted by molar-refractivity contribution is 5.96. The number of likely N-dealkylation sites (N-methyl/N-ethyl adjacent to an activating group) is 1. The van der Waals surface area contributed by atoms with Crippen LogP contribution in [0.15, 0.2) is 16.7 Å². The predicted molar refractivity (Wildman–Crippen MR) is 101 cm³/mol. The van der Waals surface area contributed by atoms with Gasteiger partial charge in [0.05, 0.1) is 24.8 Å². The molecule has 2 aromatic rings. The molecule has 1 aliphatic rings. The maximum Gasteiger partial charge on any atom is 0.317 e. The van der Waals surface area contributed by atoms with Crippen LogP contribution < -0.4 is 0 Å². The van der Waals surface area contributed by atoms with Gasteiger partial charge in [-0.2, -0.15) is 0 Å². The molecule has 0 saturated carbocycles. The monoisotopic (exact) mass is 390 g/mol. The van der Waals surface area contributed by atoms with Crippen LogP contribution in [0.3, 0.4) is 0 Å². The molecule has 1 unspecified atom stereocenters. The molecule has 0 aromatic carbocycles. The van der Waals surface area contributed by atoms with Crippen LogP contribution >= 0.6 is 0 Å². The van der Waals surface area contributed by atoms with E-state index in [1.165, 1.54) is 0 Å². The van der Waals surface area contributed by atoms with Crippen LogP contribution in [-0.4, -0.2) is 82.4 Å². The third kappa shape index (κ3) is 4.26. The topological polar surface area (TPSA) is 101 Å². The quantitative estimate of drug-likeness (QED) is 0.792. The van der Waals surface area contributed by atoms with Crippen molar-refractivity contribution in [3.63, 3.8) is 0 Å². The second-order valence-electron chi connectivity index (χ2n) is 7.25. The first kappa shape index (κ1) is 20.1. The zero-order chi connectivity index (χ0) is 20.4.